The van der Waals surface area contributed by atoms with Crippen molar-refractivity contribution in [3.63, 3.8) is 0 Å². The number of aryl methyl sites for hydroxylation is 1. The van der Waals surface area contributed by atoms with Crippen molar-refractivity contribution in [2.75, 3.05) is 0 Å². The molecule has 2 heterocycles. The number of aromatic nitrogens is 2. The van der Waals surface area contributed by atoms with Crippen molar-refractivity contribution in [1.82, 2.24) is 9.55 Å². The average Bonchev–Trinajstić information content (AvgIpc) is 2.45. The van der Waals surface area contributed by atoms with Crippen molar-refractivity contribution < 1.29 is 0 Å². The predicted octanol–water partition coefficient (Wildman–Crippen LogP) is 3.14. The summed E-state index contributed by atoms with van der Waals surface area (Å²) in [6, 6.07) is 2.07. The number of hydrogen-bond donors (Lipinski definition) is 0. The molecule has 2 rings (SSSR count). The summed E-state index contributed by atoms with van der Waals surface area (Å²) in [5, 5.41) is 1.29. The van der Waals surface area contributed by atoms with E-state index in [0.717, 1.165) is 0 Å². The molecule has 2 heteroatoms. The van der Waals surface area contributed by atoms with Gasteiger partial charge in [-0.25, -0.2) is 0 Å². The minimum atomic E-state index is 1.18. The molecule has 2 nitrogen and oxygen atoms in total. The Bertz CT molecular complexity index is 492. The molecule has 0 aliphatic carbocycles. The van der Waals surface area contributed by atoms with Gasteiger partial charge in [-0.15, -0.1) is 0 Å². The zero-order valence-corrected chi connectivity index (χ0v) is 8.78. The number of rotatable bonds is 1. The lowest BCUT2D eigenvalue weighted by atomic mass is 10.2. The van der Waals surface area contributed by atoms with E-state index in [1.54, 1.807) is 0 Å². The fourth-order valence-electron chi connectivity index (χ4n) is 1.79. The van der Waals surface area contributed by atoms with Crippen LogP contribution in [0.2, 0.25) is 0 Å². The van der Waals surface area contributed by atoms with Crippen LogP contribution in [0.1, 0.15) is 18.2 Å². The third-order valence-electron chi connectivity index (χ3n) is 2.67. The molecule has 0 bridgehead atoms. The molecule has 0 aromatic carbocycles. The van der Waals surface area contributed by atoms with Gasteiger partial charge in [-0.1, -0.05) is 6.08 Å². The average molecular weight is 186 g/mol. The molecular weight excluding hydrogens is 172 g/mol. The van der Waals surface area contributed by atoms with E-state index in [4.69, 9.17) is 0 Å². The van der Waals surface area contributed by atoms with Crippen LogP contribution in [-0.4, -0.2) is 9.55 Å². The molecule has 0 saturated carbocycles. The van der Waals surface area contributed by atoms with Crippen molar-refractivity contribution in [2.45, 2.75) is 20.8 Å². The number of hydrogen-bond acceptors (Lipinski definition) is 1. The highest BCUT2D eigenvalue weighted by Gasteiger charge is 2.07. The van der Waals surface area contributed by atoms with E-state index in [0.29, 0.717) is 0 Å². The van der Waals surface area contributed by atoms with Gasteiger partial charge in [-0.2, -0.15) is 0 Å². The van der Waals surface area contributed by atoms with Crippen molar-refractivity contribution in [3.05, 3.63) is 35.8 Å². The minimum Gasteiger partial charge on any atom is -0.319 e. The van der Waals surface area contributed by atoms with Crippen LogP contribution in [0.3, 0.4) is 0 Å². The van der Waals surface area contributed by atoms with Gasteiger partial charge in [0.1, 0.15) is 0 Å². The van der Waals surface area contributed by atoms with Crippen molar-refractivity contribution in [3.8, 4) is 0 Å². The first kappa shape index (κ1) is 9.00. The Morgan fingerprint density at radius 1 is 1.36 bits per heavy atom. The van der Waals surface area contributed by atoms with E-state index in [9.17, 15) is 0 Å². The number of allylic oxidation sites excluding steroid dienone is 1. The second-order valence-corrected chi connectivity index (χ2v) is 3.46. The molecule has 0 aliphatic rings. The van der Waals surface area contributed by atoms with Crippen LogP contribution in [-0.2, 0) is 0 Å². The zero-order chi connectivity index (χ0) is 10.1. The molecule has 2 aromatic rings. The van der Waals surface area contributed by atoms with E-state index in [1.807, 2.05) is 25.4 Å². The summed E-state index contributed by atoms with van der Waals surface area (Å²) < 4.78 is 2.18. The van der Waals surface area contributed by atoms with Gasteiger partial charge >= 0.3 is 0 Å². The summed E-state index contributed by atoms with van der Waals surface area (Å²) in [4.78, 5) is 4.16. The monoisotopic (exact) mass is 186 g/mol. The minimum absolute atomic E-state index is 1.18. The molecule has 2 aromatic heterocycles. The molecule has 0 radical (unpaired) electrons. The Morgan fingerprint density at radius 3 is 2.86 bits per heavy atom. The lowest BCUT2D eigenvalue weighted by Crippen LogP contribution is -1.88. The van der Waals surface area contributed by atoms with E-state index in [-0.39, 0.29) is 0 Å². The second kappa shape index (κ2) is 3.29. The quantitative estimate of drug-likeness (QED) is 0.669. The first-order chi connectivity index (χ1) is 6.75. The maximum atomic E-state index is 4.16. The lowest BCUT2D eigenvalue weighted by molar-refractivity contribution is 1.10. The van der Waals surface area contributed by atoms with Crippen LogP contribution >= 0.6 is 0 Å². The highest BCUT2D eigenvalue weighted by molar-refractivity contribution is 5.86. The highest BCUT2D eigenvalue weighted by atomic mass is 15.0. The van der Waals surface area contributed by atoms with Gasteiger partial charge in [-0.05, 0) is 32.4 Å². The number of pyridine rings is 1. The Labute approximate surface area is 83.9 Å². The Kier molecular flexibility index (Phi) is 2.12. The predicted molar refractivity (Wildman–Crippen MR) is 60.2 cm³/mol. The Morgan fingerprint density at radius 2 is 2.14 bits per heavy atom. The van der Waals surface area contributed by atoms with Crippen molar-refractivity contribution >= 4 is 17.1 Å². The van der Waals surface area contributed by atoms with Crippen LogP contribution in [0.25, 0.3) is 17.1 Å². The maximum absolute atomic E-state index is 4.16. The van der Waals surface area contributed by atoms with Gasteiger partial charge in [-0.3, -0.25) is 4.98 Å². The standard InChI is InChI=1S/C12H14N2/c1-4-7-14-10(3)9(2)11-5-6-13-8-12(11)14/h4-8H,1-3H3. The summed E-state index contributed by atoms with van der Waals surface area (Å²) in [6.07, 6.45) is 7.87. The van der Waals surface area contributed by atoms with Gasteiger partial charge < -0.3 is 4.57 Å². The SMILES string of the molecule is CC=Cn1c(C)c(C)c2ccncc21. The summed E-state index contributed by atoms with van der Waals surface area (Å²) >= 11 is 0. The summed E-state index contributed by atoms with van der Waals surface area (Å²) in [6.45, 7) is 6.31. The fraction of sp³-hybridized carbons (Fsp3) is 0.250. The first-order valence-electron chi connectivity index (χ1n) is 4.79. The third-order valence-corrected chi connectivity index (χ3v) is 2.67. The molecule has 0 spiro atoms. The van der Waals surface area contributed by atoms with Gasteiger partial charge in [0.05, 0.1) is 11.7 Å². The molecule has 0 saturated heterocycles. The van der Waals surface area contributed by atoms with Crippen molar-refractivity contribution in [1.29, 1.82) is 0 Å². The largest absolute Gasteiger partial charge is 0.319 e. The van der Waals surface area contributed by atoms with Gasteiger partial charge in [0.25, 0.3) is 0 Å². The topological polar surface area (TPSA) is 17.8 Å². The molecule has 0 unspecified atom stereocenters. The molecule has 0 atom stereocenters. The zero-order valence-electron chi connectivity index (χ0n) is 8.78. The highest BCUT2D eigenvalue weighted by Crippen LogP contribution is 2.24. The van der Waals surface area contributed by atoms with Gasteiger partial charge in [0, 0.05) is 23.5 Å². The van der Waals surface area contributed by atoms with E-state index in [1.165, 1.54) is 22.2 Å². The van der Waals surface area contributed by atoms with Crippen molar-refractivity contribution in [2.24, 2.45) is 0 Å². The van der Waals surface area contributed by atoms with Crippen LogP contribution in [0.15, 0.2) is 24.5 Å². The molecule has 0 N–H and O–H groups in total. The maximum Gasteiger partial charge on any atom is 0.0712 e. The van der Waals surface area contributed by atoms with Crippen LogP contribution in [0, 0.1) is 13.8 Å². The molecule has 0 aliphatic heterocycles. The lowest BCUT2D eigenvalue weighted by Gasteiger charge is -1.99. The summed E-state index contributed by atoms with van der Waals surface area (Å²) in [5.41, 5.74) is 3.80. The second-order valence-electron chi connectivity index (χ2n) is 3.46. The molecule has 0 amide bonds. The van der Waals surface area contributed by atoms with Crippen LogP contribution < -0.4 is 0 Å². The number of fused-ring (bicyclic) bond motifs is 1. The number of nitrogens with zero attached hydrogens (tertiary/aromatic N) is 2. The van der Waals surface area contributed by atoms with E-state index >= 15 is 0 Å². The van der Waals surface area contributed by atoms with E-state index in [2.05, 4.69) is 35.7 Å². The molecule has 14 heavy (non-hydrogen) atoms. The molecule has 0 fully saturated rings. The summed E-state index contributed by atoms with van der Waals surface area (Å²) in [5.74, 6) is 0. The summed E-state index contributed by atoms with van der Waals surface area (Å²) in [7, 11) is 0. The normalized spacial score (nSPS) is 11.6. The van der Waals surface area contributed by atoms with Crippen LogP contribution in [0.5, 0.6) is 0 Å². The van der Waals surface area contributed by atoms with E-state index < -0.39 is 0 Å². The molecule has 72 valence electrons. The smallest absolute Gasteiger partial charge is 0.0712 e. The Hall–Kier alpha value is -1.57. The fourth-order valence-corrected chi connectivity index (χ4v) is 1.79. The Balaban J connectivity index is 2.87. The third kappa shape index (κ3) is 1.15. The van der Waals surface area contributed by atoms with Gasteiger partial charge in [0.15, 0.2) is 0 Å². The van der Waals surface area contributed by atoms with Gasteiger partial charge in [0.2, 0.25) is 0 Å². The first-order valence-corrected chi connectivity index (χ1v) is 4.79. The molecular formula is C12H14N2. The van der Waals surface area contributed by atoms with Crippen LogP contribution in [0.4, 0.5) is 0 Å².